The summed E-state index contributed by atoms with van der Waals surface area (Å²) >= 11 is 0. The molecule has 0 heterocycles. The highest BCUT2D eigenvalue weighted by Gasteiger charge is 2.01. The Bertz CT molecular complexity index is 543. The quantitative estimate of drug-likeness (QED) is 0.0878. The molecule has 0 bridgehead atoms. The molecule has 0 saturated heterocycles. The largest absolute Gasteiger partial charge is 0.463 e. The van der Waals surface area contributed by atoms with Gasteiger partial charge in [0.2, 0.25) is 0 Å². The van der Waals surface area contributed by atoms with Gasteiger partial charge in [-0.3, -0.25) is 9.11 Å². The lowest BCUT2D eigenvalue weighted by atomic mass is 10.1. The zero-order valence-electron chi connectivity index (χ0n) is 20.6. The van der Waals surface area contributed by atoms with Crippen LogP contribution in [0, 0.1) is 0 Å². The zero-order valence-corrected chi connectivity index (χ0v) is 21.5. The van der Waals surface area contributed by atoms with Gasteiger partial charge in [0.15, 0.2) is 0 Å². The first-order valence-electron chi connectivity index (χ1n) is 12.4. The second-order valence-electron chi connectivity index (χ2n) is 8.07. The molecular formula is C24H46O8S. The predicted molar refractivity (Wildman–Crippen MR) is 130 cm³/mol. The molecule has 0 fully saturated rings. The van der Waals surface area contributed by atoms with Crippen LogP contribution < -0.4 is 0 Å². The van der Waals surface area contributed by atoms with Crippen LogP contribution in [0.4, 0.5) is 0 Å². The fourth-order valence-corrected chi connectivity index (χ4v) is 3.05. The molecule has 0 aromatic rings. The van der Waals surface area contributed by atoms with Gasteiger partial charge in [0.05, 0.1) is 13.2 Å². The summed E-state index contributed by atoms with van der Waals surface area (Å²) < 4.78 is 41.8. The van der Waals surface area contributed by atoms with Crippen LogP contribution in [0.5, 0.6) is 0 Å². The van der Waals surface area contributed by atoms with Crippen molar-refractivity contribution in [1.29, 1.82) is 0 Å². The standard InChI is InChI=1S/C24H44O4.H2O4S/c1-3-5-7-9-11-13-15-17-21-27-23(25)19-20-24(26)28-22-18-16-14-12-10-8-6-4-2;1-5(2,3)4/h19-20H,3-18,21-22H2,1-2H3;(H2,1,2,3,4)/b20-19-;. The summed E-state index contributed by atoms with van der Waals surface area (Å²) in [5, 5.41) is 0. The molecule has 0 aliphatic carbocycles. The van der Waals surface area contributed by atoms with E-state index in [0.717, 1.165) is 25.7 Å². The summed E-state index contributed by atoms with van der Waals surface area (Å²) in [5.41, 5.74) is 0. The molecule has 0 aliphatic rings. The fraction of sp³-hybridized carbons (Fsp3) is 0.833. The van der Waals surface area contributed by atoms with E-state index in [0.29, 0.717) is 13.2 Å². The number of hydrogen-bond acceptors (Lipinski definition) is 6. The molecule has 0 unspecified atom stereocenters. The third-order valence-corrected chi connectivity index (χ3v) is 4.84. The summed E-state index contributed by atoms with van der Waals surface area (Å²) in [6, 6.07) is 0. The number of rotatable bonds is 20. The average molecular weight is 495 g/mol. The number of esters is 2. The number of hydrogen-bond donors (Lipinski definition) is 2. The van der Waals surface area contributed by atoms with Gasteiger partial charge in [-0.15, -0.1) is 0 Å². The Hall–Kier alpha value is -1.45. The van der Waals surface area contributed by atoms with Crippen LogP contribution in [0.2, 0.25) is 0 Å². The summed E-state index contributed by atoms with van der Waals surface area (Å²) in [5.74, 6) is -0.932. The maximum Gasteiger partial charge on any atom is 0.394 e. The van der Waals surface area contributed by atoms with Gasteiger partial charge >= 0.3 is 22.3 Å². The molecule has 0 aromatic carbocycles. The van der Waals surface area contributed by atoms with Crippen LogP contribution in [0.15, 0.2) is 12.2 Å². The van der Waals surface area contributed by atoms with Gasteiger partial charge in [-0.2, -0.15) is 8.42 Å². The molecule has 0 amide bonds. The minimum absolute atomic E-state index is 0.422. The maximum atomic E-state index is 11.6. The molecule has 196 valence electrons. The first-order valence-corrected chi connectivity index (χ1v) is 13.8. The average Bonchev–Trinajstić information content (AvgIpc) is 2.74. The van der Waals surface area contributed by atoms with Gasteiger partial charge in [-0.1, -0.05) is 104 Å². The highest BCUT2D eigenvalue weighted by atomic mass is 32.3. The Morgan fingerprint density at radius 1 is 0.576 bits per heavy atom. The summed E-state index contributed by atoms with van der Waals surface area (Å²) in [7, 11) is -4.67. The van der Waals surface area contributed by atoms with Crippen molar-refractivity contribution in [3.8, 4) is 0 Å². The van der Waals surface area contributed by atoms with E-state index in [2.05, 4.69) is 13.8 Å². The molecule has 0 spiro atoms. The Balaban J connectivity index is 0. The zero-order chi connectivity index (χ0) is 25.2. The Morgan fingerprint density at radius 3 is 1.09 bits per heavy atom. The van der Waals surface area contributed by atoms with Gasteiger partial charge in [0.1, 0.15) is 0 Å². The molecule has 8 nitrogen and oxygen atoms in total. The summed E-state index contributed by atoms with van der Waals surface area (Å²) in [6.45, 7) is 5.29. The first kappa shape index (κ1) is 33.7. The maximum absolute atomic E-state index is 11.6. The van der Waals surface area contributed by atoms with E-state index in [4.69, 9.17) is 27.0 Å². The van der Waals surface area contributed by atoms with Gasteiger partial charge in [0, 0.05) is 12.2 Å². The number of ether oxygens (including phenoxy) is 2. The lowest BCUT2D eigenvalue weighted by molar-refractivity contribution is -0.140. The smallest absolute Gasteiger partial charge is 0.394 e. The summed E-state index contributed by atoms with van der Waals surface area (Å²) in [4.78, 5) is 23.1. The molecule has 0 rings (SSSR count). The van der Waals surface area contributed by atoms with Crippen molar-refractivity contribution in [3.05, 3.63) is 12.2 Å². The molecule has 0 atom stereocenters. The Kier molecular flexibility index (Phi) is 25.7. The van der Waals surface area contributed by atoms with Crippen molar-refractivity contribution >= 4 is 22.3 Å². The number of unbranched alkanes of at least 4 members (excludes halogenated alkanes) is 14. The third-order valence-electron chi connectivity index (χ3n) is 4.84. The van der Waals surface area contributed by atoms with Crippen LogP contribution in [0.1, 0.15) is 117 Å². The SMILES string of the molecule is CCCCCCCCCCOC(=O)/C=C\C(=O)OCCCCCCCCCC.O=S(=O)(O)O. The van der Waals surface area contributed by atoms with E-state index < -0.39 is 22.3 Å². The van der Waals surface area contributed by atoms with Crippen molar-refractivity contribution in [2.24, 2.45) is 0 Å². The number of carbonyl (C=O) groups excluding carboxylic acids is 2. The monoisotopic (exact) mass is 494 g/mol. The fourth-order valence-electron chi connectivity index (χ4n) is 3.05. The van der Waals surface area contributed by atoms with E-state index in [9.17, 15) is 9.59 Å². The molecule has 2 N–H and O–H groups in total. The van der Waals surface area contributed by atoms with E-state index in [1.54, 1.807) is 0 Å². The van der Waals surface area contributed by atoms with Gasteiger partial charge in [-0.25, -0.2) is 9.59 Å². The van der Waals surface area contributed by atoms with Crippen LogP contribution >= 0.6 is 0 Å². The van der Waals surface area contributed by atoms with E-state index in [-0.39, 0.29) is 0 Å². The highest BCUT2D eigenvalue weighted by molar-refractivity contribution is 7.79. The molecule has 0 radical (unpaired) electrons. The molecule has 0 aliphatic heterocycles. The second-order valence-corrected chi connectivity index (χ2v) is 8.96. The lowest BCUT2D eigenvalue weighted by Crippen LogP contribution is -2.06. The molecule has 0 aromatic heterocycles. The first-order chi connectivity index (χ1) is 15.7. The van der Waals surface area contributed by atoms with E-state index >= 15 is 0 Å². The van der Waals surface area contributed by atoms with Crippen molar-refractivity contribution in [2.75, 3.05) is 13.2 Å². The minimum atomic E-state index is -4.67. The summed E-state index contributed by atoms with van der Waals surface area (Å²) in [6.07, 6.45) is 21.7. The Labute approximate surface area is 201 Å². The van der Waals surface area contributed by atoms with Crippen LogP contribution in [-0.2, 0) is 29.5 Å². The lowest BCUT2D eigenvalue weighted by Gasteiger charge is -2.03. The van der Waals surface area contributed by atoms with Gasteiger partial charge in [-0.05, 0) is 12.8 Å². The van der Waals surface area contributed by atoms with Gasteiger partial charge < -0.3 is 9.47 Å². The normalized spacial score (nSPS) is 11.2. The number of carbonyl (C=O) groups is 2. The third kappa shape index (κ3) is 38.1. The van der Waals surface area contributed by atoms with Crippen LogP contribution in [0.25, 0.3) is 0 Å². The molecule has 33 heavy (non-hydrogen) atoms. The molecule has 9 heteroatoms. The minimum Gasteiger partial charge on any atom is -0.463 e. The topological polar surface area (TPSA) is 127 Å². The van der Waals surface area contributed by atoms with Crippen molar-refractivity contribution in [1.82, 2.24) is 0 Å². The molecule has 0 saturated carbocycles. The second kappa shape index (κ2) is 25.2. The van der Waals surface area contributed by atoms with Gasteiger partial charge in [0.25, 0.3) is 0 Å². The van der Waals surface area contributed by atoms with E-state index in [1.807, 2.05) is 0 Å². The van der Waals surface area contributed by atoms with E-state index in [1.165, 1.54) is 89.2 Å². The molecular weight excluding hydrogens is 448 g/mol. The van der Waals surface area contributed by atoms with Crippen molar-refractivity contribution in [3.63, 3.8) is 0 Å². The Morgan fingerprint density at radius 2 is 0.818 bits per heavy atom. The van der Waals surface area contributed by atoms with Crippen molar-refractivity contribution < 1.29 is 36.6 Å². The van der Waals surface area contributed by atoms with Crippen molar-refractivity contribution in [2.45, 2.75) is 117 Å². The predicted octanol–water partition coefficient (Wildman–Crippen LogP) is 6.26. The van der Waals surface area contributed by atoms with Crippen LogP contribution in [-0.4, -0.2) is 42.7 Å². The highest BCUT2D eigenvalue weighted by Crippen LogP contribution is 2.09. The van der Waals surface area contributed by atoms with Crippen LogP contribution in [0.3, 0.4) is 0 Å².